The monoisotopic (exact) mass is 300 g/mol. The van der Waals surface area contributed by atoms with E-state index in [1.807, 2.05) is 24.3 Å². The number of halogens is 3. The quantitative estimate of drug-likeness (QED) is 0.929. The first-order valence-corrected chi connectivity index (χ1v) is 6.99. The zero-order valence-electron chi connectivity index (χ0n) is 12.1. The number of para-hydroxylation sites is 1. The maximum atomic E-state index is 12.6. The molecule has 0 saturated heterocycles. The topological polar surface area (TPSA) is 32.3 Å². The van der Waals surface area contributed by atoms with Crippen LogP contribution in [0.4, 0.5) is 18.9 Å². The molecule has 1 heterocycles. The molecule has 1 aromatic carbocycles. The molecule has 0 spiro atoms. The summed E-state index contributed by atoms with van der Waals surface area (Å²) >= 11 is 0. The molecule has 0 saturated carbocycles. The summed E-state index contributed by atoms with van der Waals surface area (Å²) in [6.07, 6.45) is -3.18. The van der Waals surface area contributed by atoms with E-state index in [0.717, 1.165) is 16.2 Å². The molecule has 3 nitrogen and oxygen atoms in total. The maximum Gasteiger partial charge on any atom is 0.406 e. The van der Waals surface area contributed by atoms with E-state index in [-0.39, 0.29) is 0 Å². The van der Waals surface area contributed by atoms with Crippen molar-refractivity contribution >= 4 is 11.6 Å². The van der Waals surface area contributed by atoms with Gasteiger partial charge in [0.25, 0.3) is 0 Å². The highest BCUT2D eigenvalue weighted by Crippen LogP contribution is 2.26. The molecular formula is C15H19F3N2O. The number of rotatable bonds is 3. The maximum absolute atomic E-state index is 12.6. The lowest BCUT2D eigenvalue weighted by atomic mass is 9.97. The van der Waals surface area contributed by atoms with E-state index in [1.165, 1.54) is 0 Å². The number of hydrogen-bond acceptors (Lipinski definition) is 2. The van der Waals surface area contributed by atoms with Crippen molar-refractivity contribution in [3.8, 4) is 0 Å². The smallest absolute Gasteiger partial charge is 0.373 e. The number of carbonyl (C=O) groups excluding carboxylic acids is 1. The number of fused-ring (bicyclic) bond motifs is 1. The molecule has 1 unspecified atom stereocenters. The minimum Gasteiger partial charge on any atom is -0.373 e. The van der Waals surface area contributed by atoms with Crippen LogP contribution in [0.2, 0.25) is 0 Å². The minimum absolute atomic E-state index is 0.488. The number of aryl methyl sites for hydroxylation is 1. The Morgan fingerprint density at radius 3 is 2.67 bits per heavy atom. The molecule has 116 valence electrons. The average Bonchev–Trinajstić information content (AvgIpc) is 2.42. The lowest BCUT2D eigenvalue weighted by molar-refractivity contribution is -0.165. The molecule has 0 aromatic heterocycles. The summed E-state index contributed by atoms with van der Waals surface area (Å²) in [4.78, 5) is 13.3. The van der Waals surface area contributed by atoms with Crippen LogP contribution >= 0.6 is 0 Å². The Bertz CT molecular complexity index is 514. The first kappa shape index (κ1) is 15.7. The fraction of sp³-hybridized carbons (Fsp3) is 0.533. The predicted octanol–water partition coefficient (Wildman–Crippen LogP) is 3.21. The number of nitrogens with zero attached hydrogens (tertiary/aromatic N) is 1. The van der Waals surface area contributed by atoms with E-state index < -0.39 is 30.7 Å². The number of amides is 1. The van der Waals surface area contributed by atoms with Crippen LogP contribution in [0, 0.1) is 0 Å². The van der Waals surface area contributed by atoms with Gasteiger partial charge in [0.05, 0.1) is 0 Å². The summed E-state index contributed by atoms with van der Waals surface area (Å²) in [6.45, 7) is 1.99. The lowest BCUT2D eigenvalue weighted by Gasteiger charge is -2.34. The Labute approximate surface area is 122 Å². The van der Waals surface area contributed by atoms with E-state index in [9.17, 15) is 18.0 Å². The molecule has 1 aromatic rings. The van der Waals surface area contributed by atoms with Crippen molar-refractivity contribution in [2.24, 2.45) is 0 Å². The van der Waals surface area contributed by atoms with Crippen molar-refractivity contribution in [2.45, 2.75) is 44.9 Å². The van der Waals surface area contributed by atoms with E-state index in [0.29, 0.717) is 12.8 Å². The molecule has 0 radical (unpaired) electrons. The summed E-state index contributed by atoms with van der Waals surface area (Å²) in [5, 5.41) is 3.06. The van der Waals surface area contributed by atoms with Gasteiger partial charge in [0.15, 0.2) is 0 Å². The second-order valence-electron chi connectivity index (χ2n) is 5.57. The van der Waals surface area contributed by atoms with Crippen LogP contribution in [-0.2, 0) is 11.2 Å². The second kappa shape index (κ2) is 5.95. The van der Waals surface area contributed by atoms with Crippen LogP contribution in [0.3, 0.4) is 0 Å². The first-order valence-electron chi connectivity index (χ1n) is 6.99. The van der Waals surface area contributed by atoms with Crippen LogP contribution in [0.15, 0.2) is 24.3 Å². The van der Waals surface area contributed by atoms with Gasteiger partial charge in [0, 0.05) is 11.7 Å². The standard InChI is InChI=1S/C15H19F3N2O/c1-10(2)20(9-15(16,17)18)14(21)13-8-7-11-5-3-4-6-12(11)19-13/h3-6,10,13,19H,7-9H2,1-2H3. The summed E-state index contributed by atoms with van der Waals surface area (Å²) in [6, 6.07) is 6.47. The molecule has 1 atom stereocenters. The van der Waals surface area contributed by atoms with Gasteiger partial charge in [-0.05, 0) is 38.3 Å². The zero-order chi connectivity index (χ0) is 15.6. The van der Waals surface area contributed by atoms with Crippen molar-refractivity contribution < 1.29 is 18.0 Å². The number of anilines is 1. The number of nitrogens with one attached hydrogen (secondary N) is 1. The van der Waals surface area contributed by atoms with E-state index in [2.05, 4.69) is 5.32 Å². The lowest BCUT2D eigenvalue weighted by Crippen LogP contribution is -2.50. The Morgan fingerprint density at radius 1 is 1.38 bits per heavy atom. The van der Waals surface area contributed by atoms with Crippen molar-refractivity contribution in [1.29, 1.82) is 0 Å². The van der Waals surface area contributed by atoms with Crippen molar-refractivity contribution in [3.05, 3.63) is 29.8 Å². The third-order valence-corrected chi connectivity index (χ3v) is 3.60. The highest BCUT2D eigenvalue weighted by Gasteiger charge is 2.37. The Morgan fingerprint density at radius 2 is 2.05 bits per heavy atom. The number of alkyl halides is 3. The molecule has 1 N–H and O–H groups in total. The molecule has 1 aliphatic heterocycles. The fourth-order valence-electron chi connectivity index (χ4n) is 2.53. The van der Waals surface area contributed by atoms with Crippen LogP contribution in [0.1, 0.15) is 25.8 Å². The molecule has 0 bridgehead atoms. The Kier molecular flexibility index (Phi) is 4.44. The SMILES string of the molecule is CC(C)N(CC(F)(F)F)C(=O)C1CCc2ccccc2N1. The third-order valence-electron chi connectivity index (χ3n) is 3.60. The van der Waals surface area contributed by atoms with Gasteiger partial charge >= 0.3 is 6.18 Å². The van der Waals surface area contributed by atoms with Gasteiger partial charge in [-0.15, -0.1) is 0 Å². The average molecular weight is 300 g/mol. The van der Waals surface area contributed by atoms with Gasteiger partial charge in [-0.25, -0.2) is 0 Å². The Hall–Kier alpha value is -1.72. The zero-order valence-corrected chi connectivity index (χ0v) is 12.1. The van der Waals surface area contributed by atoms with Gasteiger partial charge in [-0.3, -0.25) is 4.79 Å². The van der Waals surface area contributed by atoms with Crippen LogP contribution < -0.4 is 5.32 Å². The highest BCUT2D eigenvalue weighted by molar-refractivity contribution is 5.86. The minimum atomic E-state index is -4.38. The molecule has 6 heteroatoms. The summed E-state index contributed by atoms with van der Waals surface area (Å²) in [7, 11) is 0. The fourth-order valence-corrected chi connectivity index (χ4v) is 2.53. The first-order chi connectivity index (χ1) is 9.78. The van der Waals surface area contributed by atoms with Crippen LogP contribution in [-0.4, -0.2) is 35.6 Å². The van der Waals surface area contributed by atoms with E-state index in [4.69, 9.17) is 0 Å². The van der Waals surface area contributed by atoms with Gasteiger partial charge in [-0.2, -0.15) is 13.2 Å². The van der Waals surface area contributed by atoms with Crippen LogP contribution in [0.25, 0.3) is 0 Å². The molecular weight excluding hydrogens is 281 g/mol. The second-order valence-corrected chi connectivity index (χ2v) is 5.57. The number of benzene rings is 1. The van der Waals surface area contributed by atoms with Gasteiger partial charge in [0.1, 0.15) is 12.6 Å². The number of hydrogen-bond donors (Lipinski definition) is 1. The molecule has 2 rings (SSSR count). The highest BCUT2D eigenvalue weighted by atomic mass is 19.4. The summed E-state index contributed by atoms with van der Waals surface area (Å²) < 4.78 is 37.9. The normalized spacial score (nSPS) is 18.1. The largest absolute Gasteiger partial charge is 0.406 e. The molecule has 1 aliphatic rings. The van der Waals surface area contributed by atoms with Gasteiger partial charge < -0.3 is 10.2 Å². The Balaban J connectivity index is 2.12. The van der Waals surface area contributed by atoms with Crippen molar-refractivity contribution in [3.63, 3.8) is 0 Å². The predicted molar refractivity (Wildman–Crippen MR) is 75.1 cm³/mol. The van der Waals surface area contributed by atoms with Gasteiger partial charge in [-0.1, -0.05) is 18.2 Å². The third kappa shape index (κ3) is 3.89. The molecule has 0 aliphatic carbocycles. The van der Waals surface area contributed by atoms with Crippen LogP contribution in [0.5, 0.6) is 0 Å². The molecule has 1 amide bonds. The van der Waals surface area contributed by atoms with E-state index in [1.54, 1.807) is 13.8 Å². The molecule has 0 fully saturated rings. The van der Waals surface area contributed by atoms with E-state index >= 15 is 0 Å². The summed E-state index contributed by atoms with van der Waals surface area (Å²) in [5.41, 5.74) is 1.92. The number of carbonyl (C=O) groups is 1. The molecule has 21 heavy (non-hydrogen) atoms. The van der Waals surface area contributed by atoms with Gasteiger partial charge in [0.2, 0.25) is 5.91 Å². The summed E-state index contributed by atoms with van der Waals surface area (Å²) in [5.74, 6) is -0.489. The van der Waals surface area contributed by atoms with Crippen molar-refractivity contribution in [1.82, 2.24) is 4.90 Å². The van der Waals surface area contributed by atoms with Crippen molar-refractivity contribution in [2.75, 3.05) is 11.9 Å².